The molecule has 0 aromatic heterocycles. The first-order valence-corrected chi connectivity index (χ1v) is 7.99. The minimum Gasteiger partial charge on any atom is -0.489 e. The Morgan fingerprint density at radius 2 is 1.68 bits per heavy atom. The summed E-state index contributed by atoms with van der Waals surface area (Å²) in [4.78, 5) is 11.1. The van der Waals surface area contributed by atoms with Crippen LogP contribution in [-0.4, -0.2) is 19.2 Å². The first-order valence-electron chi connectivity index (χ1n) is 7.99. The predicted octanol–water partition coefficient (Wildman–Crippen LogP) is 3.77. The van der Waals surface area contributed by atoms with Gasteiger partial charge in [0, 0.05) is 6.08 Å². The second-order valence-electron chi connectivity index (χ2n) is 4.94. The van der Waals surface area contributed by atoms with E-state index >= 15 is 0 Å². The number of rotatable bonds is 7. The highest BCUT2D eigenvalue weighted by molar-refractivity contribution is 5.82. The first kappa shape index (κ1) is 18.2. The van der Waals surface area contributed by atoms with E-state index < -0.39 is 5.97 Å². The SMILES string of the molecule is CCOC(=O)C=CC#CCOc1ccc(OCc2ccccc2)cc1. The first-order chi connectivity index (χ1) is 12.3. The number of benzene rings is 2. The van der Waals surface area contributed by atoms with Crippen molar-refractivity contribution in [1.29, 1.82) is 0 Å². The lowest BCUT2D eigenvalue weighted by atomic mass is 10.2. The van der Waals surface area contributed by atoms with Crippen LogP contribution in [0.25, 0.3) is 0 Å². The molecule has 0 unspecified atom stereocenters. The molecule has 0 saturated carbocycles. The van der Waals surface area contributed by atoms with Gasteiger partial charge in [0.25, 0.3) is 0 Å². The molecule has 2 aromatic carbocycles. The van der Waals surface area contributed by atoms with Crippen LogP contribution in [0.15, 0.2) is 66.7 Å². The second-order valence-corrected chi connectivity index (χ2v) is 4.94. The number of esters is 1. The van der Waals surface area contributed by atoms with Crippen LogP contribution >= 0.6 is 0 Å². The second kappa shape index (κ2) is 10.6. The van der Waals surface area contributed by atoms with Crippen LogP contribution in [0.3, 0.4) is 0 Å². The molecule has 0 fully saturated rings. The van der Waals surface area contributed by atoms with Crippen molar-refractivity contribution in [1.82, 2.24) is 0 Å². The fourth-order valence-corrected chi connectivity index (χ4v) is 1.89. The summed E-state index contributed by atoms with van der Waals surface area (Å²) in [6.07, 6.45) is 2.73. The van der Waals surface area contributed by atoms with E-state index in [-0.39, 0.29) is 6.61 Å². The number of carbonyl (C=O) groups excluding carboxylic acids is 1. The van der Waals surface area contributed by atoms with Gasteiger partial charge in [0.2, 0.25) is 0 Å². The molecule has 0 aliphatic heterocycles. The van der Waals surface area contributed by atoms with Gasteiger partial charge < -0.3 is 14.2 Å². The van der Waals surface area contributed by atoms with Crippen LogP contribution < -0.4 is 9.47 Å². The lowest BCUT2D eigenvalue weighted by molar-refractivity contribution is -0.137. The molecule has 0 spiro atoms. The number of hydrogen-bond acceptors (Lipinski definition) is 4. The van der Waals surface area contributed by atoms with Crippen LogP contribution in [0, 0.1) is 11.8 Å². The topological polar surface area (TPSA) is 44.8 Å². The summed E-state index contributed by atoms with van der Waals surface area (Å²) in [5, 5.41) is 0. The monoisotopic (exact) mass is 336 g/mol. The molecule has 0 saturated heterocycles. The molecule has 4 nitrogen and oxygen atoms in total. The van der Waals surface area contributed by atoms with Crippen LogP contribution in [0.1, 0.15) is 12.5 Å². The highest BCUT2D eigenvalue weighted by Crippen LogP contribution is 2.18. The van der Waals surface area contributed by atoms with Crippen molar-refractivity contribution in [2.24, 2.45) is 0 Å². The zero-order valence-corrected chi connectivity index (χ0v) is 14.1. The Hall–Kier alpha value is -3.19. The Balaban J connectivity index is 1.72. The largest absolute Gasteiger partial charge is 0.489 e. The predicted molar refractivity (Wildman–Crippen MR) is 96.3 cm³/mol. The van der Waals surface area contributed by atoms with Crippen molar-refractivity contribution in [2.75, 3.05) is 13.2 Å². The quantitative estimate of drug-likeness (QED) is 0.439. The standard InChI is InChI=1S/C21H20O4/c1-2-23-21(22)11-7-4-8-16-24-19-12-14-20(15-13-19)25-17-18-9-5-3-6-10-18/h3,5-7,9-15H,2,16-17H2,1H3. The molecule has 0 bridgehead atoms. The Labute approximate surface area is 148 Å². The van der Waals surface area contributed by atoms with E-state index in [1.54, 1.807) is 6.92 Å². The minimum absolute atomic E-state index is 0.234. The Bertz CT molecular complexity index is 737. The van der Waals surface area contributed by atoms with Crippen molar-refractivity contribution in [2.45, 2.75) is 13.5 Å². The van der Waals surface area contributed by atoms with E-state index in [4.69, 9.17) is 14.2 Å². The average molecular weight is 336 g/mol. The van der Waals surface area contributed by atoms with Gasteiger partial charge in [-0.3, -0.25) is 0 Å². The molecule has 0 atom stereocenters. The minimum atomic E-state index is -0.399. The molecule has 2 rings (SSSR count). The van der Waals surface area contributed by atoms with Gasteiger partial charge in [0.15, 0.2) is 0 Å². The normalized spacial score (nSPS) is 9.96. The fourth-order valence-electron chi connectivity index (χ4n) is 1.89. The lowest BCUT2D eigenvalue weighted by Gasteiger charge is -2.07. The molecular formula is C21H20O4. The van der Waals surface area contributed by atoms with Crippen LogP contribution in [0.4, 0.5) is 0 Å². The van der Waals surface area contributed by atoms with E-state index in [2.05, 4.69) is 11.8 Å². The Kier molecular flexibility index (Phi) is 7.67. The Morgan fingerprint density at radius 1 is 1.00 bits per heavy atom. The van der Waals surface area contributed by atoms with Gasteiger partial charge in [0.05, 0.1) is 6.61 Å². The van der Waals surface area contributed by atoms with Gasteiger partial charge in [-0.2, -0.15) is 0 Å². The summed E-state index contributed by atoms with van der Waals surface area (Å²) < 4.78 is 15.9. The fraction of sp³-hybridized carbons (Fsp3) is 0.190. The molecule has 0 amide bonds. The van der Waals surface area contributed by atoms with Crippen molar-refractivity contribution in [3.8, 4) is 23.3 Å². The maximum Gasteiger partial charge on any atom is 0.331 e. The number of carbonyl (C=O) groups is 1. The third-order valence-electron chi connectivity index (χ3n) is 3.07. The third kappa shape index (κ3) is 7.28. The third-order valence-corrected chi connectivity index (χ3v) is 3.07. The molecule has 2 aromatic rings. The maximum absolute atomic E-state index is 11.1. The zero-order chi connectivity index (χ0) is 17.7. The summed E-state index contributed by atoms with van der Waals surface area (Å²) in [7, 11) is 0. The summed E-state index contributed by atoms with van der Waals surface area (Å²) in [6, 6.07) is 17.4. The van der Waals surface area contributed by atoms with Gasteiger partial charge in [-0.15, -0.1) is 0 Å². The number of ether oxygens (including phenoxy) is 3. The highest BCUT2D eigenvalue weighted by atomic mass is 16.5. The smallest absolute Gasteiger partial charge is 0.331 e. The van der Waals surface area contributed by atoms with Crippen molar-refractivity contribution < 1.29 is 19.0 Å². The molecule has 25 heavy (non-hydrogen) atoms. The highest BCUT2D eigenvalue weighted by Gasteiger charge is 1.97. The average Bonchev–Trinajstić information content (AvgIpc) is 2.65. The van der Waals surface area contributed by atoms with Crippen LogP contribution in [0.2, 0.25) is 0 Å². The van der Waals surface area contributed by atoms with E-state index in [9.17, 15) is 4.79 Å². The molecule has 0 aliphatic carbocycles. The Morgan fingerprint density at radius 3 is 2.36 bits per heavy atom. The lowest BCUT2D eigenvalue weighted by Crippen LogP contribution is -1.98. The summed E-state index contributed by atoms with van der Waals surface area (Å²) in [5.41, 5.74) is 1.12. The number of hydrogen-bond donors (Lipinski definition) is 0. The molecule has 128 valence electrons. The molecule has 0 heterocycles. The zero-order valence-electron chi connectivity index (χ0n) is 14.1. The summed E-state index contributed by atoms with van der Waals surface area (Å²) in [5.74, 6) is 6.59. The van der Waals surface area contributed by atoms with E-state index in [0.29, 0.717) is 19.0 Å². The van der Waals surface area contributed by atoms with Crippen molar-refractivity contribution >= 4 is 5.97 Å². The van der Waals surface area contributed by atoms with Crippen molar-refractivity contribution in [3.05, 3.63) is 72.3 Å². The molecule has 4 heteroatoms. The summed E-state index contributed by atoms with van der Waals surface area (Å²) in [6.45, 7) is 2.87. The maximum atomic E-state index is 11.1. The van der Waals surface area contributed by atoms with E-state index in [1.807, 2.05) is 54.6 Å². The molecule has 0 radical (unpaired) electrons. The van der Waals surface area contributed by atoms with Gasteiger partial charge in [-0.05, 0) is 42.8 Å². The summed E-state index contributed by atoms with van der Waals surface area (Å²) >= 11 is 0. The van der Waals surface area contributed by atoms with E-state index in [0.717, 1.165) is 11.3 Å². The van der Waals surface area contributed by atoms with Gasteiger partial charge in [0.1, 0.15) is 24.7 Å². The van der Waals surface area contributed by atoms with Gasteiger partial charge in [-0.1, -0.05) is 42.2 Å². The van der Waals surface area contributed by atoms with E-state index in [1.165, 1.54) is 12.2 Å². The molecule has 0 aliphatic rings. The molecular weight excluding hydrogens is 316 g/mol. The van der Waals surface area contributed by atoms with Gasteiger partial charge in [-0.25, -0.2) is 4.79 Å². The van der Waals surface area contributed by atoms with Crippen LogP contribution in [0.5, 0.6) is 11.5 Å². The van der Waals surface area contributed by atoms with Crippen LogP contribution in [-0.2, 0) is 16.1 Å². The van der Waals surface area contributed by atoms with Crippen molar-refractivity contribution in [3.63, 3.8) is 0 Å². The van der Waals surface area contributed by atoms with Gasteiger partial charge >= 0.3 is 5.97 Å². The number of allylic oxidation sites excluding steroid dienone is 1. The molecule has 0 N–H and O–H groups in total.